The van der Waals surface area contributed by atoms with E-state index < -0.39 is 22.4 Å². The third kappa shape index (κ3) is 3.74. The lowest BCUT2D eigenvalue weighted by molar-refractivity contribution is -0.0846. The summed E-state index contributed by atoms with van der Waals surface area (Å²) in [5.41, 5.74) is 0.139. The second-order valence-electron chi connectivity index (χ2n) is 4.33. The van der Waals surface area contributed by atoms with Crippen molar-refractivity contribution in [2.45, 2.75) is 17.6 Å². The summed E-state index contributed by atoms with van der Waals surface area (Å²) < 4.78 is 50.2. The molecule has 0 amide bonds. The molecule has 2 N–H and O–H groups in total. The van der Waals surface area contributed by atoms with Gasteiger partial charge in [-0.25, -0.2) is 17.5 Å². The van der Waals surface area contributed by atoms with Crippen LogP contribution in [0.2, 0.25) is 0 Å². The lowest BCUT2D eigenvalue weighted by atomic mass is 10.2. The van der Waals surface area contributed by atoms with Crippen molar-refractivity contribution >= 4 is 10.0 Å². The Hall–Kier alpha value is -1.06. The second-order valence-corrected chi connectivity index (χ2v) is 6.07. The minimum atomic E-state index is -3.91. The number of aliphatic hydroxyl groups excluding tert-OH is 1. The normalized spacial score (nSPS) is 20.0. The third-order valence-corrected chi connectivity index (χ3v) is 4.38. The van der Waals surface area contributed by atoms with Gasteiger partial charge in [0.1, 0.15) is 5.82 Å². The number of aliphatic hydroxyl groups is 1. The van der Waals surface area contributed by atoms with Gasteiger partial charge in [0.2, 0.25) is 10.0 Å². The molecule has 0 radical (unpaired) electrons. The maximum Gasteiger partial charge on any atom is 0.241 e. The van der Waals surface area contributed by atoms with Crippen molar-refractivity contribution in [3.63, 3.8) is 0 Å². The summed E-state index contributed by atoms with van der Waals surface area (Å²) in [5, 5.41) is 9.13. The number of halogens is 1. The summed E-state index contributed by atoms with van der Waals surface area (Å²) in [4.78, 5) is -0.267. The quantitative estimate of drug-likeness (QED) is 0.800. The van der Waals surface area contributed by atoms with Crippen LogP contribution < -0.4 is 4.72 Å². The summed E-state index contributed by atoms with van der Waals surface area (Å²) in [7, 11) is -3.91. The Morgan fingerprint density at radius 3 is 2.85 bits per heavy atom. The average molecular weight is 305 g/mol. The highest BCUT2D eigenvalue weighted by molar-refractivity contribution is 7.89. The first kappa shape index (κ1) is 15.3. The van der Waals surface area contributed by atoms with Crippen LogP contribution in [0.3, 0.4) is 0 Å². The molecule has 1 unspecified atom stereocenters. The van der Waals surface area contributed by atoms with Crippen molar-refractivity contribution in [2.24, 2.45) is 0 Å². The van der Waals surface area contributed by atoms with Crippen molar-refractivity contribution in [3.8, 4) is 0 Å². The van der Waals surface area contributed by atoms with Gasteiger partial charge in [0, 0.05) is 6.54 Å². The number of hydrogen-bond acceptors (Lipinski definition) is 5. The first-order chi connectivity index (χ1) is 9.53. The summed E-state index contributed by atoms with van der Waals surface area (Å²) in [6.07, 6.45) is -0.371. The van der Waals surface area contributed by atoms with Crippen molar-refractivity contribution < 1.29 is 27.4 Å². The van der Waals surface area contributed by atoms with Crippen LogP contribution in [-0.2, 0) is 26.1 Å². The van der Waals surface area contributed by atoms with E-state index in [0.717, 1.165) is 12.1 Å². The molecule has 1 saturated heterocycles. The molecule has 8 heteroatoms. The van der Waals surface area contributed by atoms with E-state index in [1.54, 1.807) is 0 Å². The fraction of sp³-hybridized carbons (Fsp3) is 0.500. The van der Waals surface area contributed by atoms with Crippen LogP contribution in [0.15, 0.2) is 23.1 Å². The molecule has 1 aromatic carbocycles. The third-order valence-electron chi connectivity index (χ3n) is 2.88. The predicted octanol–water partition coefficient (Wildman–Crippen LogP) is 0.0117. The molecule has 1 aliphatic heterocycles. The largest absolute Gasteiger partial charge is 0.392 e. The molecule has 2 rings (SSSR count). The van der Waals surface area contributed by atoms with Crippen molar-refractivity contribution in [3.05, 3.63) is 29.6 Å². The van der Waals surface area contributed by atoms with Crippen LogP contribution in [0.25, 0.3) is 0 Å². The Morgan fingerprint density at radius 2 is 2.20 bits per heavy atom. The van der Waals surface area contributed by atoms with Crippen LogP contribution in [0.4, 0.5) is 4.39 Å². The van der Waals surface area contributed by atoms with E-state index in [1.165, 1.54) is 6.07 Å². The van der Waals surface area contributed by atoms with Gasteiger partial charge in [-0.3, -0.25) is 0 Å². The lowest BCUT2D eigenvalue weighted by Gasteiger charge is -2.23. The predicted molar refractivity (Wildman–Crippen MR) is 68.1 cm³/mol. The highest BCUT2D eigenvalue weighted by Gasteiger charge is 2.22. The molecule has 0 aromatic heterocycles. The van der Waals surface area contributed by atoms with Crippen molar-refractivity contribution in [1.29, 1.82) is 0 Å². The second kappa shape index (κ2) is 6.59. The molecule has 1 atom stereocenters. The zero-order valence-corrected chi connectivity index (χ0v) is 11.5. The molecule has 1 fully saturated rings. The zero-order chi connectivity index (χ0) is 14.6. The number of rotatable bonds is 5. The van der Waals surface area contributed by atoms with Gasteiger partial charge in [0.25, 0.3) is 0 Å². The van der Waals surface area contributed by atoms with E-state index in [2.05, 4.69) is 4.72 Å². The maximum atomic E-state index is 13.2. The summed E-state index contributed by atoms with van der Waals surface area (Å²) >= 11 is 0. The molecule has 0 bridgehead atoms. The standard InChI is InChI=1S/C12H16FNO5S/c13-10-2-1-9(7-15)12(5-10)20(16,17)14-6-11-8-18-3-4-19-11/h1-2,5,11,14-15H,3-4,6-8H2. The highest BCUT2D eigenvalue weighted by Crippen LogP contribution is 2.17. The van der Waals surface area contributed by atoms with Crippen LogP contribution in [0, 0.1) is 5.82 Å². The molecule has 0 aliphatic carbocycles. The van der Waals surface area contributed by atoms with Gasteiger partial charge in [0.05, 0.1) is 37.4 Å². The smallest absolute Gasteiger partial charge is 0.241 e. The minimum absolute atomic E-state index is 0.0315. The molecule has 20 heavy (non-hydrogen) atoms. The number of benzene rings is 1. The number of nitrogens with one attached hydrogen (secondary N) is 1. The van der Waals surface area contributed by atoms with E-state index in [-0.39, 0.29) is 23.1 Å². The molecular weight excluding hydrogens is 289 g/mol. The van der Waals surface area contributed by atoms with Crippen molar-refractivity contribution in [2.75, 3.05) is 26.4 Å². The first-order valence-corrected chi connectivity index (χ1v) is 7.59. The number of sulfonamides is 1. The van der Waals surface area contributed by atoms with Crippen LogP contribution in [0.1, 0.15) is 5.56 Å². The van der Waals surface area contributed by atoms with Gasteiger partial charge in [-0.05, 0) is 17.7 Å². The lowest BCUT2D eigenvalue weighted by Crippen LogP contribution is -2.39. The number of ether oxygens (including phenoxy) is 2. The SMILES string of the molecule is O=S(=O)(NCC1COCCO1)c1cc(F)ccc1CO. The summed E-state index contributed by atoms with van der Waals surface area (Å²) in [5.74, 6) is -0.681. The van der Waals surface area contributed by atoms with E-state index in [9.17, 15) is 12.8 Å². The molecule has 1 aliphatic rings. The summed E-state index contributed by atoms with van der Waals surface area (Å²) in [6, 6.07) is 3.22. The highest BCUT2D eigenvalue weighted by atomic mass is 32.2. The van der Waals surface area contributed by atoms with Gasteiger partial charge >= 0.3 is 0 Å². The van der Waals surface area contributed by atoms with Gasteiger partial charge in [-0.15, -0.1) is 0 Å². The first-order valence-electron chi connectivity index (χ1n) is 6.11. The molecular formula is C12H16FNO5S. The Balaban J connectivity index is 2.11. The monoisotopic (exact) mass is 305 g/mol. The van der Waals surface area contributed by atoms with Crippen molar-refractivity contribution in [1.82, 2.24) is 4.72 Å². The molecule has 0 spiro atoms. The molecule has 1 aromatic rings. The van der Waals surface area contributed by atoms with E-state index in [1.807, 2.05) is 0 Å². The Kier molecular flexibility index (Phi) is 5.06. The minimum Gasteiger partial charge on any atom is -0.392 e. The molecule has 6 nitrogen and oxygen atoms in total. The van der Waals surface area contributed by atoms with Crippen LogP contribution >= 0.6 is 0 Å². The fourth-order valence-corrected chi connectivity index (χ4v) is 3.15. The van der Waals surface area contributed by atoms with Gasteiger partial charge in [-0.2, -0.15) is 0 Å². The van der Waals surface area contributed by atoms with Gasteiger partial charge < -0.3 is 14.6 Å². The molecule has 1 heterocycles. The van der Waals surface area contributed by atoms with E-state index >= 15 is 0 Å². The van der Waals surface area contributed by atoms with Crippen LogP contribution in [-0.4, -0.2) is 46.0 Å². The van der Waals surface area contributed by atoms with Crippen LogP contribution in [0.5, 0.6) is 0 Å². The van der Waals surface area contributed by atoms with E-state index in [0.29, 0.717) is 19.8 Å². The Morgan fingerprint density at radius 1 is 1.40 bits per heavy atom. The van der Waals surface area contributed by atoms with Gasteiger partial charge in [-0.1, -0.05) is 6.07 Å². The molecule has 0 saturated carbocycles. The number of hydrogen-bond donors (Lipinski definition) is 2. The average Bonchev–Trinajstić information content (AvgIpc) is 2.46. The molecule has 112 valence electrons. The Bertz CT molecular complexity index is 557. The van der Waals surface area contributed by atoms with E-state index in [4.69, 9.17) is 14.6 Å². The summed E-state index contributed by atoms with van der Waals surface area (Å²) in [6.45, 7) is 0.748. The maximum absolute atomic E-state index is 13.2. The topological polar surface area (TPSA) is 84.9 Å². The zero-order valence-electron chi connectivity index (χ0n) is 10.7. The fourth-order valence-electron chi connectivity index (χ4n) is 1.84. The Labute approximate surface area is 116 Å². The van der Waals surface area contributed by atoms with Gasteiger partial charge in [0.15, 0.2) is 0 Å².